The van der Waals surface area contributed by atoms with Crippen LogP contribution in [0.25, 0.3) is 0 Å². The van der Waals surface area contributed by atoms with Gasteiger partial charge in [-0.3, -0.25) is 0 Å². The number of nitrogens with one attached hydrogen (secondary N) is 1. The lowest BCUT2D eigenvalue weighted by molar-refractivity contribution is 0.244. The average Bonchev–Trinajstić information content (AvgIpc) is 2.32. The van der Waals surface area contributed by atoms with Crippen LogP contribution in [0.1, 0.15) is 46.5 Å². The number of nitrogen functional groups attached to an aromatic ring is 1. The minimum absolute atomic E-state index is 0.145. The summed E-state index contributed by atoms with van der Waals surface area (Å²) in [5.74, 6) is 0.767. The molecule has 0 aliphatic heterocycles. The van der Waals surface area contributed by atoms with Crippen LogP contribution >= 0.6 is 0 Å². The first-order valence-corrected chi connectivity index (χ1v) is 6.93. The summed E-state index contributed by atoms with van der Waals surface area (Å²) in [5, 5.41) is 3.41. The lowest BCUT2D eigenvalue weighted by Crippen LogP contribution is -2.08. The molecule has 0 fully saturated rings. The average molecular weight is 250 g/mol. The molecule has 1 rings (SSSR count). The van der Waals surface area contributed by atoms with Crippen molar-refractivity contribution in [3.8, 4) is 5.75 Å². The summed E-state index contributed by atoms with van der Waals surface area (Å²) >= 11 is 0. The largest absolute Gasteiger partial charge is 0.489 e. The van der Waals surface area contributed by atoms with E-state index >= 15 is 0 Å². The van der Waals surface area contributed by atoms with E-state index in [-0.39, 0.29) is 6.10 Å². The van der Waals surface area contributed by atoms with Gasteiger partial charge in [0.2, 0.25) is 0 Å². The van der Waals surface area contributed by atoms with E-state index in [1.54, 1.807) is 0 Å². The van der Waals surface area contributed by atoms with Crippen molar-refractivity contribution in [1.82, 2.24) is 0 Å². The predicted octanol–water partition coefficient (Wildman–Crippen LogP) is 4.05. The summed E-state index contributed by atoms with van der Waals surface area (Å²) in [6, 6.07) is 5.88. The number of anilines is 2. The van der Waals surface area contributed by atoms with E-state index in [0.717, 1.165) is 18.0 Å². The van der Waals surface area contributed by atoms with Crippen LogP contribution in [0.3, 0.4) is 0 Å². The molecule has 0 bridgehead atoms. The van der Waals surface area contributed by atoms with Gasteiger partial charge in [-0.2, -0.15) is 0 Å². The Morgan fingerprint density at radius 2 is 2.00 bits per heavy atom. The third-order valence-corrected chi connectivity index (χ3v) is 2.74. The monoisotopic (exact) mass is 250 g/mol. The molecular formula is C15H26N2O. The first kappa shape index (κ1) is 14.7. The normalized spacial score (nSPS) is 10.7. The molecule has 0 aromatic heterocycles. The summed E-state index contributed by atoms with van der Waals surface area (Å²) < 4.78 is 5.67. The van der Waals surface area contributed by atoms with Crippen molar-refractivity contribution in [3.63, 3.8) is 0 Å². The second kappa shape index (κ2) is 7.85. The molecule has 18 heavy (non-hydrogen) atoms. The molecular weight excluding hydrogens is 224 g/mol. The highest BCUT2D eigenvalue weighted by Gasteiger charge is 2.04. The Kier molecular flexibility index (Phi) is 6.40. The Hall–Kier alpha value is -1.38. The van der Waals surface area contributed by atoms with Crippen LogP contribution in [0.2, 0.25) is 0 Å². The molecule has 3 nitrogen and oxygen atoms in total. The Labute approximate surface area is 111 Å². The fourth-order valence-electron chi connectivity index (χ4n) is 1.78. The molecule has 102 valence electrons. The zero-order valence-electron chi connectivity index (χ0n) is 11.8. The maximum atomic E-state index is 5.88. The van der Waals surface area contributed by atoms with Crippen molar-refractivity contribution in [2.24, 2.45) is 0 Å². The molecule has 0 spiro atoms. The molecule has 0 heterocycles. The molecule has 0 amide bonds. The van der Waals surface area contributed by atoms with Crippen molar-refractivity contribution in [3.05, 3.63) is 18.2 Å². The number of ether oxygens (including phenoxy) is 1. The quantitative estimate of drug-likeness (QED) is 0.540. The molecule has 0 aliphatic rings. The van der Waals surface area contributed by atoms with Gasteiger partial charge in [0.05, 0.1) is 11.8 Å². The van der Waals surface area contributed by atoms with Crippen LogP contribution in [0.5, 0.6) is 5.75 Å². The van der Waals surface area contributed by atoms with Crippen LogP contribution in [0.15, 0.2) is 18.2 Å². The second-order valence-corrected chi connectivity index (χ2v) is 4.91. The van der Waals surface area contributed by atoms with E-state index in [2.05, 4.69) is 12.2 Å². The van der Waals surface area contributed by atoms with E-state index in [0.29, 0.717) is 5.69 Å². The number of hydrogen-bond donors (Lipinski definition) is 2. The Balaban J connectivity index is 2.46. The molecule has 1 aromatic carbocycles. The number of benzene rings is 1. The summed E-state index contributed by atoms with van der Waals surface area (Å²) in [6.07, 6.45) is 5.22. The van der Waals surface area contributed by atoms with Gasteiger partial charge in [0.1, 0.15) is 5.75 Å². The number of unbranched alkanes of at least 4 members (excludes halogenated alkanes) is 3. The zero-order valence-corrected chi connectivity index (χ0v) is 11.8. The first-order chi connectivity index (χ1) is 8.63. The lowest BCUT2D eigenvalue weighted by atomic mass is 10.2. The fourth-order valence-corrected chi connectivity index (χ4v) is 1.78. The number of nitrogens with two attached hydrogens (primary N) is 1. The minimum atomic E-state index is 0.145. The zero-order chi connectivity index (χ0) is 13.4. The van der Waals surface area contributed by atoms with Gasteiger partial charge >= 0.3 is 0 Å². The summed E-state index contributed by atoms with van der Waals surface area (Å²) in [7, 11) is 0. The van der Waals surface area contributed by atoms with Gasteiger partial charge in [-0.05, 0) is 32.4 Å². The molecule has 0 radical (unpaired) electrons. The van der Waals surface area contributed by atoms with Gasteiger partial charge in [0, 0.05) is 18.3 Å². The van der Waals surface area contributed by atoms with Crippen molar-refractivity contribution in [2.75, 3.05) is 17.6 Å². The maximum absolute atomic E-state index is 5.88. The van der Waals surface area contributed by atoms with E-state index in [1.807, 2.05) is 32.0 Å². The summed E-state index contributed by atoms with van der Waals surface area (Å²) in [5.41, 5.74) is 7.65. The summed E-state index contributed by atoms with van der Waals surface area (Å²) in [6.45, 7) is 7.24. The van der Waals surface area contributed by atoms with E-state index in [1.165, 1.54) is 25.7 Å². The summed E-state index contributed by atoms with van der Waals surface area (Å²) in [4.78, 5) is 0. The highest BCUT2D eigenvalue weighted by Crippen LogP contribution is 2.26. The van der Waals surface area contributed by atoms with Crippen LogP contribution < -0.4 is 15.8 Å². The third-order valence-electron chi connectivity index (χ3n) is 2.74. The molecule has 0 saturated carbocycles. The molecule has 3 heteroatoms. The van der Waals surface area contributed by atoms with E-state index < -0.39 is 0 Å². The Bertz CT molecular complexity index is 350. The van der Waals surface area contributed by atoms with E-state index in [9.17, 15) is 0 Å². The fraction of sp³-hybridized carbons (Fsp3) is 0.600. The van der Waals surface area contributed by atoms with E-state index in [4.69, 9.17) is 10.5 Å². The predicted molar refractivity (Wildman–Crippen MR) is 79.3 cm³/mol. The number of rotatable bonds is 8. The van der Waals surface area contributed by atoms with Crippen LogP contribution in [-0.2, 0) is 0 Å². The topological polar surface area (TPSA) is 47.3 Å². The van der Waals surface area contributed by atoms with Crippen LogP contribution in [0, 0.1) is 0 Å². The molecule has 0 saturated heterocycles. The third kappa shape index (κ3) is 5.30. The van der Waals surface area contributed by atoms with Crippen molar-refractivity contribution in [1.29, 1.82) is 0 Å². The molecule has 0 unspecified atom stereocenters. The molecule has 0 aliphatic carbocycles. The van der Waals surface area contributed by atoms with Crippen molar-refractivity contribution in [2.45, 2.75) is 52.6 Å². The smallest absolute Gasteiger partial charge is 0.144 e. The van der Waals surface area contributed by atoms with Gasteiger partial charge in [0.15, 0.2) is 0 Å². The van der Waals surface area contributed by atoms with Crippen molar-refractivity contribution < 1.29 is 4.74 Å². The van der Waals surface area contributed by atoms with Crippen LogP contribution in [-0.4, -0.2) is 12.6 Å². The van der Waals surface area contributed by atoms with Gasteiger partial charge in [-0.15, -0.1) is 0 Å². The van der Waals surface area contributed by atoms with Gasteiger partial charge in [-0.1, -0.05) is 26.2 Å². The Morgan fingerprint density at radius 3 is 2.67 bits per heavy atom. The maximum Gasteiger partial charge on any atom is 0.144 e. The highest BCUT2D eigenvalue weighted by molar-refractivity contribution is 5.61. The standard InChI is InChI=1S/C15H26N2O/c1-4-5-6-7-10-17-13-8-9-14(16)15(11-13)18-12(2)3/h8-9,11-12,17H,4-7,10,16H2,1-3H3. The van der Waals surface area contributed by atoms with Gasteiger partial charge < -0.3 is 15.8 Å². The highest BCUT2D eigenvalue weighted by atomic mass is 16.5. The lowest BCUT2D eigenvalue weighted by Gasteiger charge is -2.14. The molecule has 1 aromatic rings. The molecule has 3 N–H and O–H groups in total. The Morgan fingerprint density at radius 1 is 1.22 bits per heavy atom. The SMILES string of the molecule is CCCCCCNc1ccc(N)c(OC(C)C)c1. The second-order valence-electron chi connectivity index (χ2n) is 4.91. The van der Waals surface area contributed by atoms with Crippen LogP contribution in [0.4, 0.5) is 11.4 Å². The van der Waals surface area contributed by atoms with Gasteiger partial charge in [-0.25, -0.2) is 0 Å². The minimum Gasteiger partial charge on any atom is -0.489 e. The first-order valence-electron chi connectivity index (χ1n) is 6.93. The number of hydrogen-bond acceptors (Lipinski definition) is 3. The molecule has 0 atom stereocenters. The van der Waals surface area contributed by atoms with Crippen molar-refractivity contribution >= 4 is 11.4 Å². The van der Waals surface area contributed by atoms with Gasteiger partial charge in [0.25, 0.3) is 0 Å².